The van der Waals surface area contributed by atoms with Crippen molar-refractivity contribution in [3.05, 3.63) is 62.7 Å². The SMILES string of the molecule is NS(=O)(=O)c1ccc(OCC(=O)N2CCN(c3ccc([N+](=O)[O-])cc3)CC2)c([N+](=O)[O-])c1. The van der Waals surface area contributed by atoms with E-state index < -0.39 is 43.0 Å². The number of rotatable bonds is 7. The Kier molecular flexibility index (Phi) is 6.55. The molecule has 1 fully saturated rings. The van der Waals surface area contributed by atoms with Crippen LogP contribution in [0.3, 0.4) is 0 Å². The number of sulfonamides is 1. The van der Waals surface area contributed by atoms with E-state index in [0.29, 0.717) is 26.2 Å². The van der Waals surface area contributed by atoms with Gasteiger partial charge in [0.2, 0.25) is 10.0 Å². The second-order valence-corrected chi connectivity index (χ2v) is 8.42. The summed E-state index contributed by atoms with van der Waals surface area (Å²) in [6.07, 6.45) is 0. The normalized spacial score (nSPS) is 14.2. The van der Waals surface area contributed by atoms with E-state index in [0.717, 1.165) is 23.9 Å². The lowest BCUT2D eigenvalue weighted by Gasteiger charge is -2.36. The number of hydrogen-bond acceptors (Lipinski definition) is 9. The number of primary sulfonamides is 1. The molecule has 2 aromatic rings. The third-order valence-corrected chi connectivity index (χ3v) is 5.78. The number of benzene rings is 2. The van der Waals surface area contributed by atoms with Crippen molar-refractivity contribution in [3.8, 4) is 5.75 Å². The van der Waals surface area contributed by atoms with Gasteiger partial charge in [0.05, 0.1) is 14.7 Å². The van der Waals surface area contributed by atoms with E-state index in [2.05, 4.69) is 0 Å². The minimum absolute atomic E-state index is 0.00843. The molecule has 1 saturated heterocycles. The quantitative estimate of drug-likeness (QED) is 0.458. The van der Waals surface area contributed by atoms with E-state index in [1.54, 1.807) is 12.1 Å². The van der Waals surface area contributed by atoms with E-state index in [1.165, 1.54) is 17.0 Å². The molecule has 1 amide bonds. The number of nitrogens with zero attached hydrogens (tertiary/aromatic N) is 4. The number of nitro benzene ring substituents is 2. The van der Waals surface area contributed by atoms with Gasteiger partial charge < -0.3 is 14.5 Å². The average molecular weight is 465 g/mol. The van der Waals surface area contributed by atoms with E-state index in [1.807, 2.05) is 4.90 Å². The fourth-order valence-corrected chi connectivity index (χ4v) is 3.70. The number of amides is 1. The van der Waals surface area contributed by atoms with Crippen molar-refractivity contribution in [1.82, 2.24) is 4.90 Å². The Hall–Kier alpha value is -3.78. The molecule has 0 atom stereocenters. The van der Waals surface area contributed by atoms with Gasteiger partial charge in [0, 0.05) is 50.1 Å². The number of carbonyl (C=O) groups is 1. The Balaban J connectivity index is 1.58. The van der Waals surface area contributed by atoms with Crippen LogP contribution >= 0.6 is 0 Å². The maximum absolute atomic E-state index is 12.5. The first-order valence-corrected chi connectivity index (χ1v) is 10.8. The van der Waals surface area contributed by atoms with Crippen LogP contribution < -0.4 is 14.8 Å². The summed E-state index contributed by atoms with van der Waals surface area (Å²) in [5, 5.41) is 27.0. The summed E-state index contributed by atoms with van der Waals surface area (Å²) in [6.45, 7) is 1.25. The highest BCUT2D eigenvalue weighted by molar-refractivity contribution is 7.89. The molecule has 3 rings (SSSR count). The van der Waals surface area contributed by atoms with Crippen LogP contribution in [0.5, 0.6) is 5.75 Å². The van der Waals surface area contributed by atoms with Gasteiger partial charge in [0.25, 0.3) is 11.6 Å². The second-order valence-electron chi connectivity index (χ2n) is 6.86. The maximum atomic E-state index is 12.5. The third-order valence-electron chi connectivity index (χ3n) is 4.86. The first-order chi connectivity index (χ1) is 15.1. The number of piperazine rings is 1. The van der Waals surface area contributed by atoms with Crippen LogP contribution in [0.15, 0.2) is 47.4 Å². The highest BCUT2D eigenvalue weighted by atomic mass is 32.2. The van der Waals surface area contributed by atoms with Crippen molar-refractivity contribution in [2.75, 3.05) is 37.7 Å². The van der Waals surface area contributed by atoms with Crippen LogP contribution in [0.25, 0.3) is 0 Å². The van der Waals surface area contributed by atoms with E-state index >= 15 is 0 Å². The van der Waals surface area contributed by atoms with Crippen molar-refractivity contribution in [2.24, 2.45) is 5.14 Å². The van der Waals surface area contributed by atoms with Crippen LogP contribution in [0.1, 0.15) is 0 Å². The van der Waals surface area contributed by atoms with Crippen LogP contribution in [-0.4, -0.2) is 61.9 Å². The highest BCUT2D eigenvalue weighted by Gasteiger charge is 2.24. The molecule has 170 valence electrons. The summed E-state index contributed by atoms with van der Waals surface area (Å²) >= 11 is 0. The van der Waals surface area contributed by atoms with Crippen molar-refractivity contribution in [3.63, 3.8) is 0 Å². The molecule has 32 heavy (non-hydrogen) atoms. The highest BCUT2D eigenvalue weighted by Crippen LogP contribution is 2.29. The molecule has 1 heterocycles. The third kappa shape index (κ3) is 5.28. The minimum atomic E-state index is -4.13. The molecule has 2 aromatic carbocycles. The van der Waals surface area contributed by atoms with E-state index in [-0.39, 0.29) is 11.4 Å². The first kappa shape index (κ1) is 22.9. The monoisotopic (exact) mass is 465 g/mol. The summed E-state index contributed by atoms with van der Waals surface area (Å²) in [5.74, 6) is -0.640. The lowest BCUT2D eigenvalue weighted by Crippen LogP contribution is -2.50. The van der Waals surface area contributed by atoms with Crippen LogP contribution in [0.4, 0.5) is 17.1 Å². The van der Waals surface area contributed by atoms with Crippen LogP contribution in [0.2, 0.25) is 0 Å². The Morgan fingerprint density at radius 1 is 1.00 bits per heavy atom. The van der Waals surface area contributed by atoms with Gasteiger partial charge in [-0.3, -0.25) is 25.0 Å². The van der Waals surface area contributed by atoms with Gasteiger partial charge in [-0.05, 0) is 24.3 Å². The summed E-state index contributed by atoms with van der Waals surface area (Å²) in [7, 11) is -4.13. The number of nitrogens with two attached hydrogens (primary N) is 1. The molecule has 1 aliphatic heterocycles. The predicted molar refractivity (Wildman–Crippen MR) is 112 cm³/mol. The molecule has 0 saturated carbocycles. The van der Waals surface area contributed by atoms with Crippen LogP contribution in [0, 0.1) is 20.2 Å². The molecule has 0 unspecified atom stereocenters. The van der Waals surface area contributed by atoms with E-state index in [9.17, 15) is 33.4 Å². The lowest BCUT2D eigenvalue weighted by molar-refractivity contribution is -0.386. The van der Waals surface area contributed by atoms with Gasteiger partial charge >= 0.3 is 5.69 Å². The molecule has 13 nitrogen and oxygen atoms in total. The van der Waals surface area contributed by atoms with E-state index in [4.69, 9.17) is 9.88 Å². The van der Waals surface area contributed by atoms with Crippen molar-refractivity contribution in [2.45, 2.75) is 4.90 Å². The number of ether oxygens (including phenoxy) is 1. The largest absolute Gasteiger partial charge is 0.477 e. The molecular weight excluding hydrogens is 446 g/mol. The van der Waals surface area contributed by atoms with Gasteiger partial charge in [-0.15, -0.1) is 0 Å². The van der Waals surface area contributed by atoms with Gasteiger partial charge in [0.1, 0.15) is 0 Å². The molecule has 2 N–H and O–H groups in total. The Morgan fingerprint density at radius 2 is 1.62 bits per heavy atom. The van der Waals surface area contributed by atoms with Gasteiger partial charge in [-0.2, -0.15) is 0 Å². The lowest BCUT2D eigenvalue weighted by atomic mass is 10.2. The number of hydrogen-bond donors (Lipinski definition) is 1. The molecule has 0 radical (unpaired) electrons. The van der Waals surface area contributed by atoms with Crippen LogP contribution in [-0.2, 0) is 14.8 Å². The molecular formula is C18H19N5O8S. The predicted octanol–water partition coefficient (Wildman–Crippen LogP) is 0.878. The molecule has 1 aliphatic rings. The van der Waals surface area contributed by atoms with Crippen molar-refractivity contribution >= 4 is 33.0 Å². The summed E-state index contributed by atoms with van der Waals surface area (Å²) in [5.41, 5.74) is 0.169. The molecule has 0 aliphatic carbocycles. The first-order valence-electron chi connectivity index (χ1n) is 9.27. The molecule has 0 spiro atoms. The average Bonchev–Trinajstić information content (AvgIpc) is 2.76. The van der Waals surface area contributed by atoms with Crippen molar-refractivity contribution in [1.29, 1.82) is 0 Å². The zero-order valence-electron chi connectivity index (χ0n) is 16.6. The number of non-ortho nitro benzene ring substituents is 1. The number of anilines is 1. The zero-order valence-corrected chi connectivity index (χ0v) is 17.4. The van der Waals surface area contributed by atoms with Gasteiger partial charge in [0.15, 0.2) is 12.4 Å². The fraction of sp³-hybridized carbons (Fsp3) is 0.278. The zero-order chi connectivity index (χ0) is 23.5. The maximum Gasteiger partial charge on any atom is 0.312 e. The molecule has 14 heteroatoms. The summed E-state index contributed by atoms with van der Waals surface area (Å²) in [4.78, 5) is 36.2. The topological polar surface area (TPSA) is 179 Å². The van der Waals surface area contributed by atoms with Gasteiger partial charge in [-0.1, -0.05) is 0 Å². The molecule has 0 aromatic heterocycles. The number of nitro groups is 2. The Bertz CT molecular complexity index is 1140. The number of carbonyl (C=O) groups excluding carboxylic acids is 1. The second kappa shape index (κ2) is 9.15. The van der Waals surface area contributed by atoms with Gasteiger partial charge in [-0.25, -0.2) is 13.6 Å². The molecule has 0 bridgehead atoms. The Labute approximate surface area is 182 Å². The summed E-state index contributed by atoms with van der Waals surface area (Å²) < 4.78 is 28.1. The Morgan fingerprint density at radius 3 is 2.16 bits per heavy atom. The standard InChI is InChI=1S/C18H19N5O8S/c19-32(29,30)15-5-6-17(16(11-15)23(27)28)31-12-18(24)21-9-7-20(8-10-21)13-1-3-14(4-2-13)22(25)26/h1-6,11H,7-10,12H2,(H2,19,29,30). The summed E-state index contributed by atoms with van der Waals surface area (Å²) in [6, 6.07) is 9.02. The fourth-order valence-electron chi connectivity index (χ4n) is 3.17. The van der Waals surface area contributed by atoms with Crippen molar-refractivity contribution < 1.29 is 27.8 Å². The minimum Gasteiger partial charge on any atom is -0.477 e. The smallest absolute Gasteiger partial charge is 0.312 e.